The largest absolute Gasteiger partial charge is 0.490 e. The van der Waals surface area contributed by atoms with Crippen molar-refractivity contribution < 1.29 is 9.47 Å². The number of hydrogen-bond donors (Lipinski definition) is 1. The minimum Gasteiger partial charge on any atom is -0.490 e. The van der Waals surface area contributed by atoms with E-state index in [1.165, 1.54) is 11.1 Å². The molecule has 22 heavy (non-hydrogen) atoms. The summed E-state index contributed by atoms with van der Waals surface area (Å²) in [5, 5.41) is 3.43. The number of nitrogens with zero attached hydrogens (tertiary/aromatic N) is 1. The van der Waals surface area contributed by atoms with Gasteiger partial charge in [-0.25, -0.2) is 0 Å². The first kappa shape index (κ1) is 13.3. The third kappa shape index (κ3) is 2.15. The molecule has 0 bridgehead atoms. The number of fused-ring (bicyclic) bond motifs is 2. The van der Waals surface area contributed by atoms with Crippen LogP contribution < -0.4 is 19.7 Å². The molecule has 2 aromatic rings. The summed E-state index contributed by atoms with van der Waals surface area (Å²) in [5.41, 5.74) is 5.76. The van der Waals surface area contributed by atoms with Crippen LogP contribution in [0.15, 0.2) is 30.3 Å². The third-order valence-electron chi connectivity index (χ3n) is 4.15. The van der Waals surface area contributed by atoms with Crippen LogP contribution in [0.4, 0.5) is 17.1 Å². The number of aryl methyl sites for hydroxylation is 2. The van der Waals surface area contributed by atoms with E-state index in [1.54, 1.807) is 0 Å². The molecular weight excluding hydrogens is 276 g/mol. The summed E-state index contributed by atoms with van der Waals surface area (Å²) in [7, 11) is 0. The number of benzene rings is 2. The Hall–Kier alpha value is -2.36. The van der Waals surface area contributed by atoms with Gasteiger partial charge in [0.2, 0.25) is 0 Å². The van der Waals surface area contributed by atoms with Crippen molar-refractivity contribution in [3.63, 3.8) is 0 Å². The van der Waals surface area contributed by atoms with Gasteiger partial charge in [0.1, 0.15) is 19.0 Å². The van der Waals surface area contributed by atoms with Gasteiger partial charge in [-0.15, -0.1) is 0 Å². The van der Waals surface area contributed by atoms with Gasteiger partial charge < -0.3 is 19.7 Å². The zero-order valence-corrected chi connectivity index (χ0v) is 13.0. The molecule has 0 radical (unpaired) electrons. The van der Waals surface area contributed by atoms with Gasteiger partial charge in [0.25, 0.3) is 0 Å². The van der Waals surface area contributed by atoms with E-state index in [9.17, 15) is 0 Å². The molecular formula is C18H20N2O2. The maximum atomic E-state index is 5.96. The Morgan fingerprint density at radius 3 is 2.77 bits per heavy atom. The van der Waals surface area contributed by atoms with Crippen LogP contribution >= 0.6 is 0 Å². The summed E-state index contributed by atoms with van der Waals surface area (Å²) in [6.45, 7) is 7.28. The Kier molecular flexibility index (Phi) is 3.10. The maximum absolute atomic E-state index is 5.96. The van der Waals surface area contributed by atoms with E-state index in [0.29, 0.717) is 13.2 Å². The highest BCUT2D eigenvalue weighted by Crippen LogP contribution is 2.45. The molecule has 0 saturated carbocycles. The van der Waals surface area contributed by atoms with Crippen molar-refractivity contribution in [1.29, 1.82) is 0 Å². The molecule has 0 amide bonds. The van der Waals surface area contributed by atoms with Crippen LogP contribution in [-0.4, -0.2) is 26.3 Å². The molecule has 4 nitrogen and oxygen atoms in total. The first-order valence-corrected chi connectivity index (χ1v) is 7.75. The molecule has 2 aromatic carbocycles. The first-order chi connectivity index (χ1) is 10.7. The lowest BCUT2D eigenvalue weighted by Gasteiger charge is -2.34. The van der Waals surface area contributed by atoms with E-state index in [0.717, 1.165) is 41.7 Å². The smallest absolute Gasteiger partial charge is 0.166 e. The Bertz CT molecular complexity index is 727. The number of hydrogen-bond acceptors (Lipinski definition) is 4. The lowest BCUT2D eigenvalue weighted by Crippen LogP contribution is -2.30. The van der Waals surface area contributed by atoms with Crippen molar-refractivity contribution in [2.75, 3.05) is 36.5 Å². The van der Waals surface area contributed by atoms with E-state index < -0.39 is 0 Å². The molecule has 0 atom stereocenters. The van der Waals surface area contributed by atoms with Gasteiger partial charge in [-0.05, 0) is 49.2 Å². The van der Waals surface area contributed by atoms with E-state index in [1.807, 2.05) is 0 Å². The van der Waals surface area contributed by atoms with E-state index in [4.69, 9.17) is 9.47 Å². The molecule has 0 unspecified atom stereocenters. The number of nitrogens with one attached hydrogen (secondary N) is 1. The number of ether oxygens (including phenoxy) is 2. The standard InChI is InChI=1S/C18H20N2O2/c1-12-3-4-15-17(11-12)21-8-6-20(15)16-10-13(2)9-14-18(16)22-7-5-19-14/h3-4,9-11,19H,5-8H2,1-2H3. The average molecular weight is 296 g/mol. The molecule has 2 heterocycles. The molecule has 2 aliphatic heterocycles. The topological polar surface area (TPSA) is 33.7 Å². The second-order valence-electron chi connectivity index (χ2n) is 5.91. The SMILES string of the molecule is Cc1ccc2c(c1)OCCN2c1cc(C)cc2c1OCCN2. The number of rotatable bonds is 1. The predicted octanol–water partition coefficient (Wildman–Crippen LogP) is 3.64. The van der Waals surface area contributed by atoms with Crippen LogP contribution in [-0.2, 0) is 0 Å². The van der Waals surface area contributed by atoms with Crippen LogP contribution in [0, 0.1) is 13.8 Å². The summed E-state index contributed by atoms with van der Waals surface area (Å²) >= 11 is 0. The average Bonchev–Trinajstić information content (AvgIpc) is 2.53. The first-order valence-electron chi connectivity index (χ1n) is 7.75. The van der Waals surface area contributed by atoms with Crippen molar-refractivity contribution in [1.82, 2.24) is 0 Å². The Morgan fingerprint density at radius 1 is 0.955 bits per heavy atom. The van der Waals surface area contributed by atoms with Crippen molar-refractivity contribution in [3.8, 4) is 11.5 Å². The molecule has 0 aliphatic carbocycles. The van der Waals surface area contributed by atoms with Gasteiger partial charge in [0.05, 0.1) is 23.6 Å². The van der Waals surface area contributed by atoms with Crippen molar-refractivity contribution >= 4 is 17.1 Å². The fourth-order valence-electron chi connectivity index (χ4n) is 3.15. The van der Waals surface area contributed by atoms with Gasteiger partial charge >= 0.3 is 0 Å². The maximum Gasteiger partial charge on any atom is 0.166 e. The van der Waals surface area contributed by atoms with Gasteiger partial charge in [-0.3, -0.25) is 0 Å². The minimum atomic E-state index is 0.687. The summed E-state index contributed by atoms with van der Waals surface area (Å²) in [6, 6.07) is 10.7. The summed E-state index contributed by atoms with van der Waals surface area (Å²) < 4.78 is 11.8. The van der Waals surface area contributed by atoms with Gasteiger partial charge in [-0.2, -0.15) is 0 Å². The lowest BCUT2D eigenvalue weighted by molar-refractivity contribution is 0.308. The van der Waals surface area contributed by atoms with Crippen molar-refractivity contribution in [2.24, 2.45) is 0 Å². The lowest BCUT2D eigenvalue weighted by atomic mass is 10.1. The Morgan fingerprint density at radius 2 is 1.86 bits per heavy atom. The van der Waals surface area contributed by atoms with Crippen LogP contribution in [0.3, 0.4) is 0 Å². The molecule has 1 N–H and O–H groups in total. The van der Waals surface area contributed by atoms with Crippen LogP contribution in [0.2, 0.25) is 0 Å². The van der Waals surface area contributed by atoms with Crippen LogP contribution in [0.1, 0.15) is 11.1 Å². The molecule has 4 rings (SSSR count). The Labute approximate surface area is 130 Å². The molecule has 0 fully saturated rings. The molecule has 4 heteroatoms. The second-order valence-corrected chi connectivity index (χ2v) is 5.91. The molecule has 0 saturated heterocycles. The van der Waals surface area contributed by atoms with E-state index in [2.05, 4.69) is 54.4 Å². The van der Waals surface area contributed by atoms with Gasteiger partial charge in [0.15, 0.2) is 5.75 Å². The highest BCUT2D eigenvalue weighted by atomic mass is 16.5. The fraction of sp³-hybridized carbons (Fsp3) is 0.333. The molecule has 2 aliphatic rings. The van der Waals surface area contributed by atoms with E-state index in [-0.39, 0.29) is 0 Å². The van der Waals surface area contributed by atoms with Crippen LogP contribution in [0.25, 0.3) is 0 Å². The van der Waals surface area contributed by atoms with Gasteiger partial charge in [0, 0.05) is 6.54 Å². The second kappa shape index (κ2) is 5.13. The summed E-state index contributed by atoms with van der Waals surface area (Å²) in [4.78, 5) is 2.30. The molecule has 114 valence electrons. The monoisotopic (exact) mass is 296 g/mol. The van der Waals surface area contributed by atoms with Crippen LogP contribution in [0.5, 0.6) is 11.5 Å². The Balaban J connectivity index is 1.85. The minimum absolute atomic E-state index is 0.687. The van der Waals surface area contributed by atoms with Gasteiger partial charge in [-0.1, -0.05) is 6.07 Å². The third-order valence-corrected chi connectivity index (χ3v) is 4.15. The summed E-state index contributed by atoms with van der Waals surface area (Å²) in [6.07, 6.45) is 0. The summed E-state index contributed by atoms with van der Waals surface area (Å²) in [5.74, 6) is 1.90. The normalized spacial score (nSPS) is 16.0. The van der Waals surface area contributed by atoms with Crippen molar-refractivity contribution in [2.45, 2.75) is 13.8 Å². The zero-order chi connectivity index (χ0) is 15.1. The van der Waals surface area contributed by atoms with Crippen molar-refractivity contribution in [3.05, 3.63) is 41.5 Å². The van der Waals surface area contributed by atoms with E-state index >= 15 is 0 Å². The molecule has 0 aromatic heterocycles. The zero-order valence-electron chi connectivity index (χ0n) is 13.0. The highest BCUT2D eigenvalue weighted by molar-refractivity contribution is 5.81. The quantitative estimate of drug-likeness (QED) is 0.871. The predicted molar refractivity (Wildman–Crippen MR) is 88.8 cm³/mol. The number of anilines is 3. The molecule has 0 spiro atoms. The fourth-order valence-corrected chi connectivity index (χ4v) is 3.15. The highest BCUT2D eigenvalue weighted by Gasteiger charge is 2.25.